The highest BCUT2D eigenvalue weighted by molar-refractivity contribution is 5.69. The fourth-order valence-corrected chi connectivity index (χ4v) is 6.07. The Hall–Kier alpha value is -2.56. The molecule has 1 saturated heterocycles. The Kier molecular flexibility index (Phi) is 5.71. The second kappa shape index (κ2) is 8.18. The zero-order valence-corrected chi connectivity index (χ0v) is 19.3. The van der Waals surface area contributed by atoms with Gasteiger partial charge in [0.25, 0.3) is 0 Å². The number of rotatable bonds is 3. The van der Waals surface area contributed by atoms with Crippen LogP contribution in [0.5, 0.6) is 0 Å². The first-order valence-corrected chi connectivity index (χ1v) is 11.4. The average Bonchev–Trinajstić information content (AvgIpc) is 2.72. The zero-order valence-electron chi connectivity index (χ0n) is 19.3. The van der Waals surface area contributed by atoms with Crippen molar-refractivity contribution in [2.75, 3.05) is 31.1 Å². The summed E-state index contributed by atoms with van der Waals surface area (Å²) in [6.45, 7) is 12.2. The molecular weight excluding hydrogens is 386 g/mol. The van der Waals surface area contributed by atoms with Crippen molar-refractivity contribution < 1.29 is 9.90 Å². The van der Waals surface area contributed by atoms with Crippen LogP contribution in [0, 0.1) is 10.8 Å². The van der Waals surface area contributed by atoms with Crippen LogP contribution in [0.2, 0.25) is 0 Å². The second-order valence-corrected chi connectivity index (χ2v) is 10.9. The van der Waals surface area contributed by atoms with E-state index in [1.807, 2.05) is 18.3 Å². The van der Waals surface area contributed by atoms with Crippen molar-refractivity contribution in [2.45, 2.75) is 52.9 Å². The molecule has 1 aliphatic carbocycles. The summed E-state index contributed by atoms with van der Waals surface area (Å²) in [7, 11) is 0. The summed E-state index contributed by atoms with van der Waals surface area (Å²) < 4.78 is 0. The van der Waals surface area contributed by atoms with Gasteiger partial charge in [0.1, 0.15) is 0 Å². The van der Waals surface area contributed by atoms with Crippen molar-refractivity contribution in [3.8, 4) is 11.3 Å². The van der Waals surface area contributed by atoms with Gasteiger partial charge in [-0.2, -0.15) is 0 Å². The van der Waals surface area contributed by atoms with Crippen molar-refractivity contribution in [1.82, 2.24) is 9.88 Å². The molecule has 2 aliphatic rings. The van der Waals surface area contributed by atoms with E-state index in [0.717, 1.165) is 24.3 Å². The quantitative estimate of drug-likeness (QED) is 0.673. The van der Waals surface area contributed by atoms with Crippen LogP contribution >= 0.6 is 0 Å². The maximum absolute atomic E-state index is 11.4. The minimum absolute atomic E-state index is 0.298. The number of piperazine rings is 1. The van der Waals surface area contributed by atoms with Gasteiger partial charge in [-0.15, -0.1) is 0 Å². The van der Waals surface area contributed by atoms with Crippen molar-refractivity contribution in [3.63, 3.8) is 0 Å². The van der Waals surface area contributed by atoms with E-state index in [1.165, 1.54) is 35.4 Å². The first kappa shape index (κ1) is 21.7. The fraction of sp³-hybridized carbons (Fsp3) is 0.538. The molecule has 5 nitrogen and oxygen atoms in total. The third-order valence-electron chi connectivity index (χ3n) is 6.87. The van der Waals surface area contributed by atoms with Gasteiger partial charge in [-0.3, -0.25) is 4.98 Å². The number of pyridine rings is 1. The number of hydrogen-bond donors (Lipinski definition) is 1. The van der Waals surface area contributed by atoms with Crippen LogP contribution < -0.4 is 4.90 Å². The zero-order chi connectivity index (χ0) is 22.2. The van der Waals surface area contributed by atoms with E-state index in [1.54, 1.807) is 0 Å². The maximum Gasteiger partial charge on any atom is 0.407 e. The van der Waals surface area contributed by atoms with E-state index >= 15 is 0 Å². The molecule has 0 bridgehead atoms. The van der Waals surface area contributed by atoms with Gasteiger partial charge in [0, 0.05) is 43.6 Å². The summed E-state index contributed by atoms with van der Waals surface area (Å²) in [6.07, 6.45) is 4.61. The molecule has 0 unspecified atom stereocenters. The third-order valence-corrected chi connectivity index (χ3v) is 6.87. The summed E-state index contributed by atoms with van der Waals surface area (Å²) >= 11 is 0. The highest BCUT2D eigenvalue weighted by atomic mass is 16.4. The minimum Gasteiger partial charge on any atom is -0.465 e. The van der Waals surface area contributed by atoms with Crippen molar-refractivity contribution >= 4 is 11.8 Å². The molecule has 1 saturated carbocycles. The molecule has 31 heavy (non-hydrogen) atoms. The van der Waals surface area contributed by atoms with Crippen LogP contribution in [-0.4, -0.2) is 47.3 Å². The van der Waals surface area contributed by atoms with E-state index in [0.29, 0.717) is 29.8 Å². The van der Waals surface area contributed by atoms with E-state index < -0.39 is 6.09 Å². The normalized spacial score (nSPS) is 21.2. The van der Waals surface area contributed by atoms with E-state index in [9.17, 15) is 9.90 Å². The Morgan fingerprint density at radius 2 is 1.68 bits per heavy atom. The molecule has 2 heterocycles. The fourth-order valence-electron chi connectivity index (χ4n) is 6.07. The van der Waals surface area contributed by atoms with Gasteiger partial charge in [-0.1, -0.05) is 39.8 Å². The summed E-state index contributed by atoms with van der Waals surface area (Å²) in [6, 6.07) is 12.8. The summed E-state index contributed by atoms with van der Waals surface area (Å²) in [5, 5.41) is 9.33. The van der Waals surface area contributed by atoms with Gasteiger partial charge in [0.15, 0.2) is 0 Å². The number of benzene rings is 1. The molecule has 0 atom stereocenters. The summed E-state index contributed by atoms with van der Waals surface area (Å²) in [4.78, 5) is 19.8. The Bertz CT molecular complexity index is 915. The van der Waals surface area contributed by atoms with Crippen LogP contribution in [0.3, 0.4) is 0 Å². The van der Waals surface area contributed by atoms with Crippen LogP contribution in [0.1, 0.15) is 58.4 Å². The largest absolute Gasteiger partial charge is 0.465 e. The monoisotopic (exact) mass is 421 g/mol. The molecule has 0 radical (unpaired) electrons. The maximum atomic E-state index is 11.4. The molecule has 1 N–H and O–H groups in total. The van der Waals surface area contributed by atoms with Crippen molar-refractivity contribution in [3.05, 3.63) is 48.2 Å². The Labute approximate surface area is 186 Å². The third kappa shape index (κ3) is 4.86. The SMILES string of the molecule is CC1(C)CC(c2cc(-c3ccccn3)ccc2N2CCN(C(=O)O)CC2)CC(C)(C)C1. The van der Waals surface area contributed by atoms with Crippen LogP contribution in [0.15, 0.2) is 42.6 Å². The standard InChI is InChI=1S/C26H35N3O2/c1-25(2)16-20(17-26(3,4)18-25)21-15-19(22-7-5-6-10-27-22)8-9-23(21)28-11-13-29(14-12-28)24(30)31/h5-10,15,20H,11-14,16-18H2,1-4H3,(H,30,31). The number of carboxylic acid groups (broad SMARTS) is 1. The lowest BCUT2D eigenvalue weighted by Crippen LogP contribution is -2.48. The molecule has 1 amide bonds. The molecule has 5 heteroatoms. The summed E-state index contributed by atoms with van der Waals surface area (Å²) in [5.74, 6) is 0.481. The van der Waals surface area contributed by atoms with Gasteiger partial charge in [-0.25, -0.2) is 4.79 Å². The lowest BCUT2D eigenvalue weighted by Gasteiger charge is -2.46. The number of nitrogens with zero attached hydrogens (tertiary/aromatic N) is 3. The second-order valence-electron chi connectivity index (χ2n) is 10.9. The molecule has 166 valence electrons. The predicted molar refractivity (Wildman–Crippen MR) is 126 cm³/mol. The topological polar surface area (TPSA) is 56.7 Å². The van der Waals surface area contributed by atoms with E-state index in [4.69, 9.17) is 0 Å². The smallest absolute Gasteiger partial charge is 0.407 e. The highest BCUT2D eigenvalue weighted by Gasteiger charge is 2.40. The Balaban J connectivity index is 1.72. The lowest BCUT2D eigenvalue weighted by atomic mass is 9.60. The molecule has 1 aromatic heterocycles. The first-order valence-electron chi connectivity index (χ1n) is 11.4. The molecule has 4 rings (SSSR count). The number of carbonyl (C=O) groups is 1. The average molecular weight is 422 g/mol. The van der Waals surface area contributed by atoms with Gasteiger partial charge >= 0.3 is 6.09 Å². The molecule has 0 spiro atoms. The van der Waals surface area contributed by atoms with Crippen LogP contribution in [0.25, 0.3) is 11.3 Å². The number of anilines is 1. The van der Waals surface area contributed by atoms with Crippen molar-refractivity contribution in [1.29, 1.82) is 0 Å². The van der Waals surface area contributed by atoms with E-state index in [2.05, 4.69) is 61.8 Å². The number of aromatic nitrogens is 1. The molecular formula is C26H35N3O2. The molecule has 2 aromatic rings. The van der Waals surface area contributed by atoms with E-state index in [-0.39, 0.29) is 0 Å². The Morgan fingerprint density at radius 1 is 1.00 bits per heavy atom. The van der Waals surface area contributed by atoms with Crippen LogP contribution in [-0.2, 0) is 0 Å². The highest BCUT2D eigenvalue weighted by Crippen LogP contribution is 2.53. The molecule has 1 aliphatic heterocycles. The van der Waals surface area contributed by atoms with Crippen LogP contribution in [0.4, 0.5) is 10.5 Å². The summed E-state index contributed by atoms with van der Waals surface area (Å²) in [5.41, 5.74) is 5.42. The number of amides is 1. The first-order chi connectivity index (χ1) is 14.6. The van der Waals surface area contributed by atoms with Gasteiger partial charge in [-0.05, 0) is 65.8 Å². The van der Waals surface area contributed by atoms with Gasteiger partial charge in [0.05, 0.1) is 5.69 Å². The van der Waals surface area contributed by atoms with Gasteiger partial charge in [0.2, 0.25) is 0 Å². The minimum atomic E-state index is -0.818. The molecule has 1 aromatic carbocycles. The molecule has 2 fully saturated rings. The number of hydrogen-bond acceptors (Lipinski definition) is 3. The van der Waals surface area contributed by atoms with Gasteiger partial charge < -0.3 is 14.9 Å². The Morgan fingerprint density at radius 3 is 2.26 bits per heavy atom. The van der Waals surface area contributed by atoms with Crippen molar-refractivity contribution in [2.24, 2.45) is 10.8 Å². The lowest BCUT2D eigenvalue weighted by molar-refractivity contribution is 0.0969. The predicted octanol–water partition coefficient (Wildman–Crippen LogP) is 5.87.